The Bertz CT molecular complexity index is 1480. The number of rotatable bonds is 12. The van der Waals surface area contributed by atoms with Gasteiger partial charge in [0.05, 0.1) is 19.2 Å². The third-order valence-corrected chi connectivity index (χ3v) is 7.51. The molecule has 220 valence electrons. The Balaban J connectivity index is 0.000000952. The summed E-state index contributed by atoms with van der Waals surface area (Å²) in [6, 6.07) is 7.86. The average molecular weight is 586 g/mol. The number of aromatic nitrogens is 3. The smallest absolute Gasteiger partial charge is 0.169 e. The third kappa shape index (κ3) is 8.88. The van der Waals surface area contributed by atoms with Crippen LogP contribution in [-0.2, 0) is 0 Å². The fourth-order valence-electron chi connectivity index (χ4n) is 4.17. The number of nitrogens with one attached hydrogen (secondary N) is 2. The van der Waals surface area contributed by atoms with Crippen molar-refractivity contribution >= 4 is 46.3 Å². The van der Waals surface area contributed by atoms with E-state index >= 15 is 0 Å². The van der Waals surface area contributed by atoms with Crippen LogP contribution in [0.5, 0.6) is 11.5 Å². The van der Waals surface area contributed by atoms with Crippen molar-refractivity contribution in [2.45, 2.75) is 51.7 Å². The zero-order valence-corrected chi connectivity index (χ0v) is 25.6. The molecule has 4 heterocycles. The van der Waals surface area contributed by atoms with Crippen LogP contribution in [0.25, 0.3) is 11.0 Å². The number of anilines is 3. The second-order valence-corrected chi connectivity index (χ2v) is 11.0. The van der Waals surface area contributed by atoms with Gasteiger partial charge in [0.15, 0.2) is 17.4 Å². The summed E-state index contributed by atoms with van der Waals surface area (Å²) in [6.07, 6.45) is 18.3. The lowest BCUT2D eigenvalue weighted by Gasteiger charge is -2.18. The summed E-state index contributed by atoms with van der Waals surface area (Å²) in [5.41, 5.74) is 3.28. The summed E-state index contributed by atoms with van der Waals surface area (Å²) in [7, 11) is 1.65. The number of thioether (sulfide) groups is 1. The lowest BCUT2D eigenvalue weighted by Crippen LogP contribution is -2.14. The maximum absolute atomic E-state index is 6.11. The van der Waals surface area contributed by atoms with E-state index in [1.807, 2.05) is 68.4 Å². The molecule has 1 aromatic carbocycles. The maximum atomic E-state index is 6.11. The van der Waals surface area contributed by atoms with Crippen molar-refractivity contribution in [1.29, 1.82) is 0 Å². The van der Waals surface area contributed by atoms with Crippen LogP contribution in [0.2, 0.25) is 0 Å². The molecular weight excluding hydrogens is 546 g/mol. The summed E-state index contributed by atoms with van der Waals surface area (Å²) >= 11 is 2.05. The number of aryl methyl sites for hydroxylation is 1. The van der Waals surface area contributed by atoms with Crippen LogP contribution < -0.4 is 20.1 Å². The SMILES string of the molecule is C#CCC.C/C=N\N1C=CC(Oc2ccc(Nc3ncnc4cc(OC)c(NCCCCC5CS5)nc34)cc2C)=CC1. The topological polar surface area (TPSA) is 96.8 Å². The van der Waals surface area contributed by atoms with Gasteiger partial charge in [-0.15, -0.1) is 12.3 Å². The highest BCUT2D eigenvalue weighted by molar-refractivity contribution is 8.06. The molecule has 1 unspecified atom stereocenters. The second kappa shape index (κ2) is 15.7. The van der Waals surface area contributed by atoms with E-state index in [1.54, 1.807) is 13.3 Å². The van der Waals surface area contributed by atoms with E-state index < -0.39 is 0 Å². The first kappa shape index (κ1) is 30.7. The number of terminal acetylenes is 1. The predicted octanol–water partition coefficient (Wildman–Crippen LogP) is 6.91. The molecule has 1 fully saturated rings. The number of pyridine rings is 1. The molecule has 2 aliphatic rings. The molecule has 10 heteroatoms. The van der Waals surface area contributed by atoms with Crippen molar-refractivity contribution in [3.63, 3.8) is 0 Å². The number of allylic oxidation sites excluding steroid dienone is 1. The Labute approximate surface area is 252 Å². The van der Waals surface area contributed by atoms with Gasteiger partial charge in [-0.3, -0.25) is 5.01 Å². The summed E-state index contributed by atoms with van der Waals surface area (Å²) in [6.45, 7) is 7.38. The van der Waals surface area contributed by atoms with Gasteiger partial charge in [-0.1, -0.05) is 13.3 Å². The first-order valence-corrected chi connectivity index (χ1v) is 15.3. The lowest BCUT2D eigenvalue weighted by atomic mass is 10.2. The Morgan fingerprint density at radius 1 is 1.21 bits per heavy atom. The van der Waals surface area contributed by atoms with Gasteiger partial charge in [-0.25, -0.2) is 15.0 Å². The van der Waals surface area contributed by atoms with Crippen LogP contribution >= 0.6 is 11.8 Å². The van der Waals surface area contributed by atoms with E-state index in [4.69, 9.17) is 20.9 Å². The second-order valence-electron chi connectivity index (χ2n) is 9.69. The predicted molar refractivity (Wildman–Crippen MR) is 175 cm³/mol. The van der Waals surface area contributed by atoms with Crippen LogP contribution in [0, 0.1) is 19.3 Å². The van der Waals surface area contributed by atoms with Crippen LogP contribution in [0.3, 0.4) is 0 Å². The number of benzene rings is 1. The molecule has 0 bridgehead atoms. The molecule has 9 nitrogen and oxygen atoms in total. The zero-order valence-electron chi connectivity index (χ0n) is 24.8. The van der Waals surface area contributed by atoms with Crippen LogP contribution in [-0.4, -0.2) is 57.4 Å². The van der Waals surface area contributed by atoms with Crippen LogP contribution in [0.15, 0.2) is 59.8 Å². The van der Waals surface area contributed by atoms with E-state index in [0.717, 1.165) is 47.4 Å². The Hall–Kier alpha value is -4.23. The van der Waals surface area contributed by atoms with Gasteiger partial charge in [0.25, 0.3) is 0 Å². The Kier molecular flexibility index (Phi) is 11.5. The molecule has 2 aromatic heterocycles. The maximum Gasteiger partial charge on any atom is 0.169 e. The van der Waals surface area contributed by atoms with Crippen molar-refractivity contribution < 1.29 is 9.47 Å². The number of hydrogen-bond acceptors (Lipinski definition) is 10. The Morgan fingerprint density at radius 2 is 2.05 bits per heavy atom. The normalized spacial score (nSPS) is 15.5. The fourth-order valence-corrected chi connectivity index (χ4v) is 4.80. The van der Waals surface area contributed by atoms with E-state index in [-0.39, 0.29) is 0 Å². The average Bonchev–Trinajstić information content (AvgIpc) is 3.84. The van der Waals surface area contributed by atoms with E-state index in [0.29, 0.717) is 35.0 Å². The van der Waals surface area contributed by atoms with E-state index in [2.05, 4.69) is 43.4 Å². The summed E-state index contributed by atoms with van der Waals surface area (Å²) in [5, 5.41) is 13.8. The molecule has 0 saturated carbocycles. The number of fused-ring (bicyclic) bond motifs is 1. The first-order valence-electron chi connectivity index (χ1n) is 14.2. The van der Waals surface area contributed by atoms with Crippen molar-refractivity contribution in [3.8, 4) is 23.8 Å². The number of methoxy groups -OCH3 is 1. The monoisotopic (exact) mass is 585 g/mol. The quantitative estimate of drug-likeness (QED) is 0.102. The third-order valence-electron chi connectivity index (χ3n) is 6.47. The molecule has 1 saturated heterocycles. The lowest BCUT2D eigenvalue weighted by molar-refractivity contribution is 0.393. The van der Waals surface area contributed by atoms with Gasteiger partial charge in [0.1, 0.15) is 23.4 Å². The van der Waals surface area contributed by atoms with E-state index in [1.165, 1.54) is 24.9 Å². The van der Waals surface area contributed by atoms with Crippen molar-refractivity contribution in [1.82, 2.24) is 20.0 Å². The molecule has 1 atom stereocenters. The number of hydrogen-bond donors (Lipinski definition) is 2. The molecule has 0 aliphatic carbocycles. The zero-order chi connectivity index (χ0) is 29.7. The summed E-state index contributed by atoms with van der Waals surface area (Å²) < 4.78 is 11.7. The van der Waals surface area contributed by atoms with Crippen molar-refractivity contribution in [2.24, 2.45) is 5.10 Å². The molecule has 2 aliphatic heterocycles. The minimum absolute atomic E-state index is 0.633. The molecular formula is C32H39N7O2S. The molecule has 42 heavy (non-hydrogen) atoms. The standard InChI is InChI=1S/C28H33N7O2S.C4H6/c1-4-32-35-13-10-21(11-14-35)37-24-9-8-20(15-19(24)2)33-28-26-23(30-18-31-28)16-25(36-3)27(34-26)29-12-6-5-7-22-17-38-22;1-3-4-2/h4,8-11,13,15-16,18,22H,5-7,12,14,17H2,1-3H3,(H,29,34)(H,30,31,33);1H,4H2,2H3/b32-4-;. The van der Waals surface area contributed by atoms with Crippen molar-refractivity contribution in [2.75, 3.05) is 36.6 Å². The first-order chi connectivity index (χ1) is 20.5. The largest absolute Gasteiger partial charge is 0.493 e. The molecule has 0 amide bonds. The van der Waals surface area contributed by atoms with Crippen LogP contribution in [0.4, 0.5) is 17.3 Å². The molecule has 5 rings (SSSR count). The van der Waals surface area contributed by atoms with Gasteiger partial charge in [-0.05, 0) is 62.6 Å². The molecule has 2 N–H and O–H groups in total. The molecule has 0 radical (unpaired) electrons. The minimum atomic E-state index is 0.633. The molecule has 0 spiro atoms. The fraction of sp³-hybridized carbons (Fsp3) is 0.375. The highest BCUT2D eigenvalue weighted by atomic mass is 32.2. The number of ether oxygens (including phenoxy) is 2. The number of hydrazone groups is 1. The minimum Gasteiger partial charge on any atom is -0.493 e. The highest BCUT2D eigenvalue weighted by Crippen LogP contribution is 2.34. The summed E-state index contributed by atoms with van der Waals surface area (Å²) in [4.78, 5) is 13.7. The number of unbranched alkanes of at least 4 members (excludes halogenated alkanes) is 1. The van der Waals surface area contributed by atoms with Crippen molar-refractivity contribution in [3.05, 3.63) is 60.3 Å². The molecule has 3 aromatic rings. The van der Waals surface area contributed by atoms with Crippen LogP contribution in [0.1, 0.15) is 45.1 Å². The summed E-state index contributed by atoms with van der Waals surface area (Å²) in [5.74, 6) is 7.35. The van der Waals surface area contributed by atoms with Gasteiger partial charge in [0, 0.05) is 48.1 Å². The highest BCUT2D eigenvalue weighted by Gasteiger charge is 2.21. The number of nitrogens with zero attached hydrogens (tertiary/aromatic N) is 5. The van der Waals surface area contributed by atoms with Gasteiger partial charge in [0.2, 0.25) is 0 Å². The van der Waals surface area contributed by atoms with Gasteiger partial charge in [-0.2, -0.15) is 16.9 Å². The van der Waals surface area contributed by atoms with Gasteiger partial charge >= 0.3 is 0 Å². The van der Waals surface area contributed by atoms with Gasteiger partial charge < -0.3 is 20.1 Å². The van der Waals surface area contributed by atoms with E-state index in [9.17, 15) is 0 Å². The Morgan fingerprint density at radius 3 is 2.71 bits per heavy atom.